The zero-order chi connectivity index (χ0) is 42.1. The second-order valence-corrected chi connectivity index (χ2v) is 15.2. The van der Waals surface area contributed by atoms with Gasteiger partial charge < -0.3 is 43.7 Å². The Labute approximate surface area is 333 Å². The minimum atomic E-state index is -0.697. The number of rotatable bonds is 15. The first-order valence-electron chi connectivity index (χ1n) is 19.9. The number of anilines is 1. The summed E-state index contributed by atoms with van der Waals surface area (Å²) < 4.78 is 36.7. The Morgan fingerprint density at radius 1 is 1.05 bits per heavy atom. The minimum Gasteiger partial charge on any atom is -0.453 e. The van der Waals surface area contributed by atoms with Crippen molar-refractivity contribution in [3.8, 4) is 0 Å². The normalized spacial score (nSPS) is 18.5. The Bertz CT molecular complexity index is 1430. The highest BCUT2D eigenvalue weighted by Crippen LogP contribution is 2.38. The second kappa shape index (κ2) is 27.5. The Morgan fingerprint density at radius 2 is 1.75 bits per heavy atom. The molecule has 2 aliphatic rings. The minimum absolute atomic E-state index is 0.0294. The number of hydrogen-bond acceptors (Lipinski definition) is 11. The molecule has 2 aromatic rings. The smallest absolute Gasteiger partial charge is 0.453 e. The van der Waals surface area contributed by atoms with Crippen LogP contribution in [0.3, 0.4) is 0 Å². The molecule has 5 unspecified atom stereocenters. The van der Waals surface area contributed by atoms with Gasteiger partial charge in [-0.25, -0.2) is 14.0 Å². The van der Waals surface area contributed by atoms with Gasteiger partial charge in [0.15, 0.2) is 12.0 Å². The van der Waals surface area contributed by atoms with Crippen molar-refractivity contribution in [2.75, 3.05) is 39.3 Å². The summed E-state index contributed by atoms with van der Waals surface area (Å²) >= 11 is 0. The number of nitrogens with zero attached hydrogens (tertiary/aromatic N) is 1. The quantitative estimate of drug-likeness (QED) is 0.100. The average molecular weight is 794 g/mol. The molecular formula is C42H68FN3O10. The molecule has 14 heteroatoms. The van der Waals surface area contributed by atoms with Crippen LogP contribution in [0, 0.1) is 17.8 Å². The number of benzene rings is 1. The van der Waals surface area contributed by atoms with Crippen LogP contribution < -0.4 is 10.6 Å². The Hall–Kier alpha value is -4.04. The van der Waals surface area contributed by atoms with Gasteiger partial charge in [0.25, 0.3) is 0 Å². The molecule has 1 saturated carbocycles. The number of halogens is 1. The molecule has 56 heavy (non-hydrogen) atoms. The zero-order valence-electron chi connectivity index (χ0n) is 35.1. The fourth-order valence-corrected chi connectivity index (χ4v) is 6.59. The Kier molecular flexibility index (Phi) is 24.6. The number of methoxy groups -OCH3 is 1. The number of nitrogens with one attached hydrogen (secondary N) is 2. The van der Waals surface area contributed by atoms with Crippen molar-refractivity contribution in [2.45, 2.75) is 137 Å². The summed E-state index contributed by atoms with van der Waals surface area (Å²) in [7, 11) is 3.73. The molecule has 2 fully saturated rings. The predicted octanol–water partition coefficient (Wildman–Crippen LogP) is 9.12. The highest BCUT2D eigenvalue weighted by molar-refractivity contribution is 5.88. The fraction of sp³-hybridized carbons (Fsp3) is 0.690. The van der Waals surface area contributed by atoms with Crippen LogP contribution in [0.15, 0.2) is 28.7 Å². The maximum Gasteiger partial charge on any atom is 0.510 e. The number of carbonyl (C=O) groups excluding carboxylic acids is 5. The zero-order valence-corrected chi connectivity index (χ0v) is 35.1. The molecule has 1 aromatic heterocycles. The third-order valence-corrected chi connectivity index (χ3v) is 9.87. The summed E-state index contributed by atoms with van der Waals surface area (Å²) in [5.74, 6) is 2.39. The maximum atomic E-state index is 12.8. The molecule has 1 aromatic carbocycles. The molecule has 1 saturated heterocycles. The summed E-state index contributed by atoms with van der Waals surface area (Å²) in [6.45, 7) is 14.0. The Balaban J connectivity index is 0.000000382. The van der Waals surface area contributed by atoms with Gasteiger partial charge in [-0.1, -0.05) is 45.4 Å². The number of alkyl carbamates (subject to hydrolysis) is 1. The molecule has 2 amide bonds. The lowest BCUT2D eigenvalue weighted by atomic mass is 9.77. The standard InChI is InChI=1S/C14H26FNO3.C12H23N.C10H7NO3.C6H12O4/c1-5-11(10-17)7-6-8-12(9-15)16-13(18)19-14(2,3)4;1-10-12(8-9-13(10)2)11-6-4-3-5-7-11;12-5-9-4-7-3-8(11-6-13)1-2-10(7)14-9;1-4-9-6(7)10-5(2)8-3/h10-12H,5-9H2,1-4H3,(H,16,18);10-12H,3-9H2,1-2H3;1-6H,(H,11,13);5H,4H2,1-3H3. The van der Waals surface area contributed by atoms with Crippen LogP contribution in [0.25, 0.3) is 11.0 Å². The number of furan rings is 1. The lowest BCUT2D eigenvalue weighted by molar-refractivity contribution is -0.111. The van der Waals surface area contributed by atoms with E-state index in [4.69, 9.17) is 9.15 Å². The number of hydrogen-bond donors (Lipinski definition) is 2. The van der Waals surface area contributed by atoms with E-state index in [-0.39, 0.29) is 11.7 Å². The third kappa shape index (κ3) is 20.2. The van der Waals surface area contributed by atoms with Crippen molar-refractivity contribution in [1.82, 2.24) is 10.2 Å². The largest absolute Gasteiger partial charge is 0.510 e. The van der Waals surface area contributed by atoms with Gasteiger partial charge in [-0.15, -0.1) is 0 Å². The summed E-state index contributed by atoms with van der Waals surface area (Å²) in [6, 6.07) is 7.07. The van der Waals surface area contributed by atoms with E-state index in [0.717, 1.165) is 42.4 Å². The average Bonchev–Trinajstić information content (AvgIpc) is 3.74. The van der Waals surface area contributed by atoms with Crippen LogP contribution >= 0.6 is 0 Å². The van der Waals surface area contributed by atoms with Crippen LogP contribution in [0.5, 0.6) is 0 Å². The van der Waals surface area contributed by atoms with Crippen LogP contribution in [0.2, 0.25) is 0 Å². The highest BCUT2D eigenvalue weighted by atomic mass is 19.1. The molecule has 0 spiro atoms. The van der Waals surface area contributed by atoms with Gasteiger partial charge >= 0.3 is 12.2 Å². The van der Waals surface area contributed by atoms with Crippen molar-refractivity contribution < 1.29 is 51.7 Å². The van der Waals surface area contributed by atoms with Crippen LogP contribution in [-0.2, 0) is 28.5 Å². The first-order chi connectivity index (χ1) is 26.6. The summed E-state index contributed by atoms with van der Waals surface area (Å²) in [5, 5.41) is 5.82. The molecule has 4 rings (SSSR count). The number of carbonyl (C=O) groups is 5. The molecule has 0 radical (unpaired) electrons. The van der Waals surface area contributed by atoms with E-state index in [9.17, 15) is 28.4 Å². The fourth-order valence-electron chi connectivity index (χ4n) is 6.59. The van der Waals surface area contributed by atoms with Gasteiger partial charge in [0.05, 0.1) is 12.6 Å². The summed E-state index contributed by atoms with van der Waals surface area (Å²) in [5.41, 5.74) is 0.713. The van der Waals surface area contributed by atoms with Gasteiger partial charge in [-0.3, -0.25) is 9.59 Å². The lowest BCUT2D eigenvalue weighted by Crippen LogP contribution is -2.40. The number of aldehydes is 2. The third-order valence-electron chi connectivity index (χ3n) is 9.87. The number of fused-ring (bicyclic) bond motifs is 1. The summed E-state index contributed by atoms with van der Waals surface area (Å²) in [4.78, 5) is 55.8. The van der Waals surface area contributed by atoms with Gasteiger partial charge in [0.2, 0.25) is 12.7 Å². The van der Waals surface area contributed by atoms with Crippen molar-refractivity contribution in [1.29, 1.82) is 0 Å². The van der Waals surface area contributed by atoms with E-state index >= 15 is 0 Å². The van der Waals surface area contributed by atoms with Crippen LogP contribution in [0.1, 0.15) is 123 Å². The monoisotopic (exact) mass is 793 g/mol. The van der Waals surface area contributed by atoms with Gasteiger partial charge in [-0.2, -0.15) is 0 Å². The van der Waals surface area contributed by atoms with Crippen molar-refractivity contribution in [3.63, 3.8) is 0 Å². The topological polar surface area (TPSA) is 163 Å². The van der Waals surface area contributed by atoms with Crippen molar-refractivity contribution in [2.24, 2.45) is 17.8 Å². The van der Waals surface area contributed by atoms with Gasteiger partial charge in [-0.05, 0) is 117 Å². The molecule has 5 atom stereocenters. The van der Waals surface area contributed by atoms with Crippen molar-refractivity contribution in [3.05, 3.63) is 30.0 Å². The molecule has 2 N–H and O–H groups in total. The van der Waals surface area contributed by atoms with Crippen LogP contribution in [0.4, 0.5) is 19.7 Å². The number of amides is 2. The molecule has 318 valence electrons. The van der Waals surface area contributed by atoms with Gasteiger partial charge in [0, 0.05) is 30.1 Å². The highest BCUT2D eigenvalue weighted by Gasteiger charge is 2.34. The maximum absolute atomic E-state index is 12.8. The van der Waals surface area contributed by atoms with Crippen LogP contribution in [-0.4, -0.2) is 94.1 Å². The first-order valence-corrected chi connectivity index (χ1v) is 19.9. The van der Waals surface area contributed by atoms with E-state index < -0.39 is 36.9 Å². The SMILES string of the molecule is CC1C(C2CCCCC2)CCN1C.CCC(C=O)CCCC(CF)NC(=O)OC(C)(C)C.CCOC(=O)OC(C)OC.O=CNc1ccc2oc(C=O)cc2c1. The van der Waals surface area contributed by atoms with E-state index in [1.807, 2.05) is 6.92 Å². The van der Waals surface area contributed by atoms with E-state index in [1.54, 1.807) is 58.9 Å². The second-order valence-electron chi connectivity index (χ2n) is 15.2. The summed E-state index contributed by atoms with van der Waals surface area (Å²) in [6.07, 6.45) is 12.1. The molecule has 0 bridgehead atoms. The number of ether oxygens (including phenoxy) is 4. The van der Waals surface area contributed by atoms with E-state index in [2.05, 4.69) is 43.7 Å². The molecular weight excluding hydrogens is 725 g/mol. The molecule has 2 heterocycles. The molecule has 1 aliphatic carbocycles. The number of alkyl halides is 1. The Morgan fingerprint density at radius 3 is 2.27 bits per heavy atom. The predicted molar refractivity (Wildman–Crippen MR) is 215 cm³/mol. The first kappa shape index (κ1) is 50.0. The van der Waals surface area contributed by atoms with Gasteiger partial charge in [0.1, 0.15) is 24.1 Å². The molecule has 1 aliphatic heterocycles. The van der Waals surface area contributed by atoms with E-state index in [1.165, 1.54) is 52.2 Å². The molecule has 13 nitrogen and oxygen atoms in total. The van der Waals surface area contributed by atoms with E-state index in [0.29, 0.717) is 43.4 Å². The van der Waals surface area contributed by atoms with Crippen molar-refractivity contribution >= 4 is 47.9 Å². The lowest BCUT2D eigenvalue weighted by Gasteiger charge is -2.31. The number of likely N-dealkylation sites (tertiary alicyclic amines) is 1.